The molecule has 0 atom stereocenters. The number of nitrogens with zero attached hydrogens (tertiary/aromatic N) is 1. The van der Waals surface area contributed by atoms with Crippen LogP contribution in [0, 0.1) is 0 Å². The van der Waals surface area contributed by atoms with Gasteiger partial charge in [0.2, 0.25) is 11.8 Å². The Balaban J connectivity index is 2.64. The van der Waals surface area contributed by atoms with E-state index in [2.05, 4.69) is 16.6 Å². The first-order chi connectivity index (χ1) is 9.97. The van der Waals surface area contributed by atoms with E-state index in [1.807, 2.05) is 0 Å². The molecule has 0 bridgehead atoms. The number of carbonyl (C=O) groups excluding carboxylic acids is 3. The van der Waals surface area contributed by atoms with Crippen LogP contribution in [0.15, 0.2) is 36.9 Å². The molecule has 0 unspecified atom stereocenters. The summed E-state index contributed by atoms with van der Waals surface area (Å²) < 4.78 is 4.58. The van der Waals surface area contributed by atoms with E-state index in [0.29, 0.717) is 17.8 Å². The van der Waals surface area contributed by atoms with Crippen molar-refractivity contribution in [1.82, 2.24) is 4.90 Å². The van der Waals surface area contributed by atoms with Crippen LogP contribution >= 0.6 is 0 Å². The van der Waals surface area contributed by atoms with Gasteiger partial charge < -0.3 is 15.0 Å². The van der Waals surface area contributed by atoms with Gasteiger partial charge >= 0.3 is 5.97 Å². The molecular weight excluding hydrogens is 272 g/mol. The molecule has 0 spiro atoms. The highest BCUT2D eigenvalue weighted by Gasteiger charge is 2.12. The average Bonchev–Trinajstić information content (AvgIpc) is 2.46. The molecule has 0 aliphatic carbocycles. The van der Waals surface area contributed by atoms with Crippen molar-refractivity contribution in [1.29, 1.82) is 0 Å². The van der Waals surface area contributed by atoms with Crippen molar-refractivity contribution in [2.45, 2.75) is 6.92 Å². The second-order valence-electron chi connectivity index (χ2n) is 4.31. The van der Waals surface area contributed by atoms with E-state index in [1.54, 1.807) is 30.3 Å². The first-order valence-electron chi connectivity index (χ1n) is 6.32. The Labute approximate surface area is 123 Å². The minimum Gasteiger partial charge on any atom is -0.465 e. The number of hydrogen-bond acceptors (Lipinski definition) is 4. The molecule has 1 aromatic carbocycles. The molecule has 1 aromatic rings. The van der Waals surface area contributed by atoms with Crippen LogP contribution in [0.1, 0.15) is 17.3 Å². The number of amides is 2. The average molecular weight is 290 g/mol. The topological polar surface area (TPSA) is 75.7 Å². The largest absolute Gasteiger partial charge is 0.465 e. The molecule has 0 saturated heterocycles. The van der Waals surface area contributed by atoms with Crippen LogP contribution in [-0.2, 0) is 14.3 Å². The van der Waals surface area contributed by atoms with Gasteiger partial charge in [-0.05, 0) is 24.3 Å². The molecule has 0 fully saturated rings. The van der Waals surface area contributed by atoms with E-state index < -0.39 is 5.97 Å². The number of methoxy groups -OCH3 is 1. The normalized spacial score (nSPS) is 9.62. The summed E-state index contributed by atoms with van der Waals surface area (Å²) in [5, 5.41) is 2.65. The van der Waals surface area contributed by atoms with Crippen LogP contribution in [0.4, 0.5) is 5.69 Å². The van der Waals surface area contributed by atoms with Gasteiger partial charge in [-0.1, -0.05) is 6.08 Å². The number of benzene rings is 1. The molecule has 0 saturated carbocycles. The zero-order valence-electron chi connectivity index (χ0n) is 12.1. The number of carbonyl (C=O) groups is 3. The van der Waals surface area contributed by atoms with Gasteiger partial charge in [-0.2, -0.15) is 0 Å². The number of esters is 1. The van der Waals surface area contributed by atoms with Gasteiger partial charge in [0, 0.05) is 19.2 Å². The minimum atomic E-state index is -0.443. The number of ether oxygens (including phenoxy) is 1. The maximum atomic E-state index is 11.8. The maximum Gasteiger partial charge on any atom is 0.337 e. The third-order valence-electron chi connectivity index (χ3n) is 2.72. The second kappa shape index (κ2) is 7.84. The molecule has 21 heavy (non-hydrogen) atoms. The van der Waals surface area contributed by atoms with Crippen molar-refractivity contribution < 1.29 is 19.1 Å². The molecule has 1 rings (SSSR count). The molecule has 0 aromatic heterocycles. The molecule has 0 aliphatic heterocycles. The molecule has 6 nitrogen and oxygen atoms in total. The monoisotopic (exact) mass is 290 g/mol. The van der Waals surface area contributed by atoms with E-state index >= 15 is 0 Å². The summed E-state index contributed by atoms with van der Waals surface area (Å²) >= 11 is 0. The lowest BCUT2D eigenvalue weighted by molar-refractivity contribution is -0.132. The Morgan fingerprint density at radius 1 is 1.29 bits per heavy atom. The van der Waals surface area contributed by atoms with E-state index in [1.165, 1.54) is 18.9 Å². The van der Waals surface area contributed by atoms with Crippen LogP contribution in [0.5, 0.6) is 0 Å². The van der Waals surface area contributed by atoms with Crippen LogP contribution < -0.4 is 5.32 Å². The smallest absolute Gasteiger partial charge is 0.337 e. The SMILES string of the molecule is C=CCN(CC(=O)Nc1ccc(C(=O)OC)cc1)C(C)=O. The molecular formula is C15H18N2O4. The zero-order valence-corrected chi connectivity index (χ0v) is 12.1. The van der Waals surface area contributed by atoms with Crippen molar-refractivity contribution in [2.24, 2.45) is 0 Å². The molecule has 112 valence electrons. The summed E-state index contributed by atoms with van der Waals surface area (Å²) in [6, 6.07) is 6.29. The number of anilines is 1. The lowest BCUT2D eigenvalue weighted by Crippen LogP contribution is -2.36. The molecule has 2 amide bonds. The number of nitrogens with one attached hydrogen (secondary N) is 1. The highest BCUT2D eigenvalue weighted by Crippen LogP contribution is 2.10. The van der Waals surface area contributed by atoms with E-state index in [4.69, 9.17) is 0 Å². The quantitative estimate of drug-likeness (QED) is 0.635. The number of hydrogen-bond donors (Lipinski definition) is 1. The summed E-state index contributed by atoms with van der Waals surface area (Å²) in [6.07, 6.45) is 1.56. The summed E-state index contributed by atoms with van der Waals surface area (Å²) in [5.74, 6) is -0.967. The van der Waals surface area contributed by atoms with Gasteiger partial charge in [-0.15, -0.1) is 6.58 Å². The Hall–Kier alpha value is -2.63. The fraction of sp³-hybridized carbons (Fsp3) is 0.267. The third kappa shape index (κ3) is 5.10. The van der Waals surface area contributed by atoms with Gasteiger partial charge in [0.1, 0.15) is 6.54 Å². The van der Waals surface area contributed by atoms with Gasteiger partial charge in [-0.3, -0.25) is 9.59 Å². The van der Waals surface area contributed by atoms with Gasteiger partial charge in [0.05, 0.1) is 12.7 Å². The molecule has 0 aliphatic rings. The Bertz CT molecular complexity index is 537. The van der Waals surface area contributed by atoms with Crippen molar-refractivity contribution in [3.8, 4) is 0 Å². The van der Waals surface area contributed by atoms with Gasteiger partial charge in [-0.25, -0.2) is 4.79 Å². The van der Waals surface area contributed by atoms with E-state index in [9.17, 15) is 14.4 Å². The summed E-state index contributed by atoms with van der Waals surface area (Å²) in [7, 11) is 1.30. The lowest BCUT2D eigenvalue weighted by Gasteiger charge is -2.18. The fourth-order valence-corrected chi connectivity index (χ4v) is 1.64. The first-order valence-corrected chi connectivity index (χ1v) is 6.32. The predicted octanol–water partition coefficient (Wildman–Crippen LogP) is 1.45. The van der Waals surface area contributed by atoms with Crippen LogP contribution in [-0.4, -0.2) is 42.9 Å². The molecule has 0 heterocycles. The fourth-order valence-electron chi connectivity index (χ4n) is 1.64. The van der Waals surface area contributed by atoms with Gasteiger partial charge in [0.25, 0.3) is 0 Å². The van der Waals surface area contributed by atoms with Crippen molar-refractivity contribution in [3.05, 3.63) is 42.5 Å². The Morgan fingerprint density at radius 2 is 1.90 bits per heavy atom. The first kappa shape index (κ1) is 16.4. The third-order valence-corrected chi connectivity index (χ3v) is 2.72. The summed E-state index contributed by atoms with van der Waals surface area (Å²) in [5.41, 5.74) is 0.933. The minimum absolute atomic E-state index is 0.0554. The molecule has 1 N–H and O–H groups in total. The predicted molar refractivity (Wildman–Crippen MR) is 78.9 cm³/mol. The lowest BCUT2D eigenvalue weighted by atomic mass is 10.2. The van der Waals surface area contributed by atoms with Crippen LogP contribution in [0.25, 0.3) is 0 Å². The van der Waals surface area contributed by atoms with E-state index in [0.717, 1.165) is 0 Å². The highest BCUT2D eigenvalue weighted by molar-refractivity contribution is 5.95. The molecule has 6 heteroatoms. The van der Waals surface area contributed by atoms with Crippen LogP contribution in [0.3, 0.4) is 0 Å². The van der Waals surface area contributed by atoms with Crippen molar-refractivity contribution in [3.63, 3.8) is 0 Å². The molecule has 0 radical (unpaired) electrons. The Morgan fingerprint density at radius 3 is 2.38 bits per heavy atom. The zero-order chi connectivity index (χ0) is 15.8. The summed E-state index contributed by atoms with van der Waals surface area (Å²) in [6.45, 7) is 5.18. The highest BCUT2D eigenvalue weighted by atomic mass is 16.5. The standard InChI is InChI=1S/C15H18N2O4/c1-4-9-17(11(2)18)10-14(19)16-13-7-5-12(6-8-13)15(20)21-3/h4-8H,1,9-10H2,2-3H3,(H,16,19). The summed E-state index contributed by atoms with van der Waals surface area (Å²) in [4.78, 5) is 35.8. The van der Waals surface area contributed by atoms with E-state index in [-0.39, 0.29) is 18.4 Å². The second-order valence-corrected chi connectivity index (χ2v) is 4.31. The van der Waals surface area contributed by atoms with Crippen LogP contribution in [0.2, 0.25) is 0 Å². The maximum absolute atomic E-state index is 11.8. The Kier molecular flexibility index (Phi) is 6.13. The number of rotatable bonds is 6. The van der Waals surface area contributed by atoms with Crippen molar-refractivity contribution >= 4 is 23.5 Å². The van der Waals surface area contributed by atoms with Crippen molar-refractivity contribution in [2.75, 3.05) is 25.5 Å². The van der Waals surface area contributed by atoms with Gasteiger partial charge in [0.15, 0.2) is 0 Å².